The first-order valence-corrected chi connectivity index (χ1v) is 7.61. The highest BCUT2D eigenvalue weighted by Crippen LogP contribution is 2.29. The summed E-state index contributed by atoms with van der Waals surface area (Å²) in [5.74, 6) is 0.217. The Morgan fingerprint density at radius 1 is 1.25 bits per heavy atom. The lowest BCUT2D eigenvalue weighted by Gasteiger charge is -2.15. The number of non-ortho nitro benzene ring substituents is 1. The molecule has 0 bridgehead atoms. The highest BCUT2D eigenvalue weighted by molar-refractivity contribution is 6.07. The smallest absolute Gasteiger partial charge is 0.270 e. The largest absolute Gasteiger partial charge is 0.496 e. The average molecular weight is 328 g/mol. The number of aryl methyl sites for hydroxylation is 3. The summed E-state index contributed by atoms with van der Waals surface area (Å²) in [5.41, 5.74) is 3.30. The van der Waals surface area contributed by atoms with Gasteiger partial charge in [0, 0.05) is 17.8 Å². The normalized spacial score (nSPS) is 10.3. The highest BCUT2D eigenvalue weighted by Gasteiger charge is 2.18. The van der Waals surface area contributed by atoms with E-state index in [1.807, 2.05) is 19.9 Å². The molecule has 0 aliphatic rings. The minimum absolute atomic E-state index is 0.0236. The van der Waals surface area contributed by atoms with Crippen molar-refractivity contribution < 1.29 is 14.5 Å². The quantitative estimate of drug-likeness (QED) is 0.663. The Balaban J connectivity index is 2.43. The molecule has 0 saturated heterocycles. The van der Waals surface area contributed by atoms with Crippen LogP contribution in [0.3, 0.4) is 0 Å². The molecule has 0 fully saturated rings. The number of hydrogen-bond donors (Lipinski definition) is 1. The number of nitro groups is 1. The summed E-state index contributed by atoms with van der Waals surface area (Å²) in [7, 11) is 1.52. The third-order valence-electron chi connectivity index (χ3n) is 3.89. The summed E-state index contributed by atoms with van der Waals surface area (Å²) in [6.45, 7) is 5.50. The zero-order valence-electron chi connectivity index (χ0n) is 14.2. The fourth-order valence-electron chi connectivity index (χ4n) is 2.69. The zero-order chi connectivity index (χ0) is 17.9. The molecule has 24 heavy (non-hydrogen) atoms. The summed E-state index contributed by atoms with van der Waals surface area (Å²) >= 11 is 0. The van der Waals surface area contributed by atoms with Crippen molar-refractivity contribution in [2.75, 3.05) is 12.4 Å². The predicted octanol–water partition coefficient (Wildman–Crippen LogP) is 4.03. The Morgan fingerprint density at radius 2 is 1.96 bits per heavy atom. The summed E-state index contributed by atoms with van der Waals surface area (Å²) in [6, 6.07) is 8.30. The Morgan fingerprint density at radius 3 is 2.54 bits per heavy atom. The van der Waals surface area contributed by atoms with Gasteiger partial charge >= 0.3 is 0 Å². The fourth-order valence-corrected chi connectivity index (χ4v) is 2.69. The molecule has 2 rings (SSSR count). The van der Waals surface area contributed by atoms with E-state index in [2.05, 4.69) is 5.32 Å². The van der Waals surface area contributed by atoms with Crippen LogP contribution in [0.5, 0.6) is 5.75 Å². The maximum atomic E-state index is 12.7. The van der Waals surface area contributed by atoms with E-state index in [4.69, 9.17) is 4.74 Å². The van der Waals surface area contributed by atoms with Gasteiger partial charge < -0.3 is 10.1 Å². The summed E-state index contributed by atoms with van der Waals surface area (Å²) in [4.78, 5) is 23.2. The number of rotatable bonds is 5. The fraction of sp³-hybridized carbons (Fsp3) is 0.278. The van der Waals surface area contributed by atoms with Crippen molar-refractivity contribution in [3.63, 3.8) is 0 Å². The second-order valence-electron chi connectivity index (χ2n) is 5.52. The van der Waals surface area contributed by atoms with Crippen LogP contribution in [-0.2, 0) is 6.42 Å². The highest BCUT2D eigenvalue weighted by atomic mass is 16.6. The minimum atomic E-state index is -0.429. The van der Waals surface area contributed by atoms with Gasteiger partial charge in [0.1, 0.15) is 5.75 Å². The molecular weight excluding hydrogens is 308 g/mol. The van der Waals surface area contributed by atoms with Crippen molar-refractivity contribution in [1.29, 1.82) is 0 Å². The molecule has 1 amide bonds. The third kappa shape index (κ3) is 3.37. The lowest BCUT2D eigenvalue weighted by atomic mass is 10.0. The van der Waals surface area contributed by atoms with Gasteiger partial charge in [0.15, 0.2) is 0 Å². The number of anilines is 1. The number of carbonyl (C=O) groups excluding carboxylic acids is 1. The average Bonchev–Trinajstić information content (AvgIpc) is 2.55. The number of methoxy groups -OCH3 is 1. The number of benzene rings is 2. The van der Waals surface area contributed by atoms with E-state index >= 15 is 0 Å². The standard InChI is InChI=1S/C18H20N2O4/c1-5-13-10-14(20(22)23)9-12(3)16(13)19-18(21)15-8-6-7-11(2)17(15)24-4/h6-10H,5H2,1-4H3,(H,19,21). The molecule has 0 aliphatic carbocycles. The molecule has 0 unspecified atom stereocenters. The molecule has 1 N–H and O–H groups in total. The topological polar surface area (TPSA) is 81.5 Å². The Hall–Kier alpha value is -2.89. The van der Waals surface area contributed by atoms with E-state index in [1.165, 1.54) is 19.2 Å². The molecule has 0 heterocycles. The first-order chi connectivity index (χ1) is 11.4. The number of carbonyl (C=O) groups is 1. The Labute approximate surface area is 140 Å². The van der Waals surface area contributed by atoms with Gasteiger partial charge in [-0.25, -0.2) is 0 Å². The lowest BCUT2D eigenvalue weighted by Crippen LogP contribution is -2.16. The molecule has 126 valence electrons. The van der Waals surface area contributed by atoms with Crippen molar-refractivity contribution in [1.82, 2.24) is 0 Å². The van der Waals surface area contributed by atoms with Crippen LogP contribution in [0, 0.1) is 24.0 Å². The van der Waals surface area contributed by atoms with Gasteiger partial charge in [-0.2, -0.15) is 0 Å². The van der Waals surface area contributed by atoms with Crippen LogP contribution in [-0.4, -0.2) is 17.9 Å². The van der Waals surface area contributed by atoms with Crippen LogP contribution < -0.4 is 10.1 Å². The lowest BCUT2D eigenvalue weighted by molar-refractivity contribution is -0.384. The summed E-state index contributed by atoms with van der Waals surface area (Å²) in [5, 5.41) is 13.9. The van der Waals surface area contributed by atoms with Gasteiger partial charge in [0.2, 0.25) is 0 Å². The van der Waals surface area contributed by atoms with Crippen molar-refractivity contribution in [3.05, 3.63) is 62.7 Å². The number of para-hydroxylation sites is 1. The van der Waals surface area contributed by atoms with Gasteiger partial charge in [0.25, 0.3) is 11.6 Å². The number of nitrogens with one attached hydrogen (secondary N) is 1. The molecule has 2 aromatic carbocycles. The third-order valence-corrected chi connectivity index (χ3v) is 3.89. The second-order valence-corrected chi connectivity index (χ2v) is 5.52. The van der Waals surface area contributed by atoms with Crippen LogP contribution in [0.15, 0.2) is 30.3 Å². The van der Waals surface area contributed by atoms with E-state index < -0.39 is 4.92 Å². The molecule has 0 saturated carbocycles. The molecule has 0 aromatic heterocycles. The number of ether oxygens (including phenoxy) is 1. The molecule has 0 atom stereocenters. The maximum Gasteiger partial charge on any atom is 0.270 e. The van der Waals surface area contributed by atoms with Crippen LogP contribution in [0.25, 0.3) is 0 Å². The van der Waals surface area contributed by atoms with E-state index in [0.717, 1.165) is 11.1 Å². The van der Waals surface area contributed by atoms with Gasteiger partial charge in [-0.15, -0.1) is 0 Å². The molecule has 6 heteroatoms. The van der Waals surface area contributed by atoms with Gasteiger partial charge in [-0.05, 0) is 43.0 Å². The molecule has 6 nitrogen and oxygen atoms in total. The zero-order valence-corrected chi connectivity index (χ0v) is 14.2. The van der Waals surface area contributed by atoms with Gasteiger partial charge in [-0.1, -0.05) is 19.1 Å². The van der Waals surface area contributed by atoms with Crippen molar-refractivity contribution in [3.8, 4) is 5.75 Å². The number of nitrogens with zero attached hydrogens (tertiary/aromatic N) is 1. The molecule has 0 spiro atoms. The minimum Gasteiger partial charge on any atom is -0.496 e. The Bertz CT molecular complexity index is 800. The number of nitro benzene ring substituents is 1. The molecule has 0 radical (unpaired) electrons. The number of hydrogen-bond acceptors (Lipinski definition) is 4. The van der Waals surface area contributed by atoms with Crippen molar-refractivity contribution in [2.45, 2.75) is 27.2 Å². The van der Waals surface area contributed by atoms with E-state index in [9.17, 15) is 14.9 Å². The molecule has 0 aliphatic heterocycles. The summed E-state index contributed by atoms with van der Waals surface area (Å²) < 4.78 is 5.32. The van der Waals surface area contributed by atoms with Crippen molar-refractivity contribution >= 4 is 17.3 Å². The molecule has 2 aromatic rings. The Kier molecular flexibility index (Phi) is 5.18. The SMILES string of the molecule is CCc1cc([N+](=O)[O-])cc(C)c1NC(=O)c1cccc(C)c1OC. The maximum absolute atomic E-state index is 12.7. The van der Waals surface area contributed by atoms with Crippen LogP contribution in [0.4, 0.5) is 11.4 Å². The first-order valence-electron chi connectivity index (χ1n) is 7.61. The van der Waals surface area contributed by atoms with Crippen LogP contribution >= 0.6 is 0 Å². The molecular formula is C18H20N2O4. The summed E-state index contributed by atoms with van der Waals surface area (Å²) in [6.07, 6.45) is 0.573. The van der Waals surface area contributed by atoms with E-state index in [-0.39, 0.29) is 11.6 Å². The first kappa shape index (κ1) is 17.5. The number of amides is 1. The monoisotopic (exact) mass is 328 g/mol. The van der Waals surface area contributed by atoms with Crippen molar-refractivity contribution in [2.24, 2.45) is 0 Å². The van der Waals surface area contributed by atoms with Crippen LogP contribution in [0.2, 0.25) is 0 Å². The van der Waals surface area contributed by atoms with Gasteiger partial charge in [0.05, 0.1) is 17.6 Å². The predicted molar refractivity (Wildman–Crippen MR) is 92.9 cm³/mol. The van der Waals surface area contributed by atoms with Gasteiger partial charge in [-0.3, -0.25) is 14.9 Å². The van der Waals surface area contributed by atoms with Crippen LogP contribution in [0.1, 0.15) is 34.0 Å². The van der Waals surface area contributed by atoms with E-state index in [1.54, 1.807) is 19.1 Å². The second kappa shape index (κ2) is 7.12. The van der Waals surface area contributed by atoms with E-state index in [0.29, 0.717) is 29.0 Å².